The third kappa shape index (κ3) is 5.90. The number of carbonyl (C=O) groups is 2. The van der Waals surface area contributed by atoms with Gasteiger partial charge < -0.3 is 16.0 Å². The minimum atomic E-state index is -0.571. The van der Waals surface area contributed by atoms with Crippen molar-refractivity contribution in [2.45, 2.75) is 6.54 Å². The highest BCUT2D eigenvalue weighted by Crippen LogP contribution is 2.38. The van der Waals surface area contributed by atoms with Gasteiger partial charge in [-0.05, 0) is 36.4 Å². The van der Waals surface area contributed by atoms with E-state index in [4.69, 9.17) is 11.6 Å². The number of rotatable bonds is 10. The summed E-state index contributed by atoms with van der Waals surface area (Å²) in [4.78, 5) is 33.5. The lowest BCUT2D eigenvalue weighted by Gasteiger charge is -2.27. The van der Waals surface area contributed by atoms with E-state index < -0.39 is 11.7 Å². The van der Waals surface area contributed by atoms with Crippen LogP contribution in [-0.2, 0) is 23.2 Å². The van der Waals surface area contributed by atoms with E-state index in [1.165, 1.54) is 29.1 Å². The predicted molar refractivity (Wildman–Crippen MR) is 140 cm³/mol. The second kappa shape index (κ2) is 11.3. The van der Waals surface area contributed by atoms with E-state index in [1.54, 1.807) is 42.4 Å². The van der Waals surface area contributed by atoms with E-state index >= 15 is 4.39 Å². The molecule has 4 aromatic rings. The van der Waals surface area contributed by atoms with Gasteiger partial charge in [0.15, 0.2) is 5.15 Å². The van der Waals surface area contributed by atoms with E-state index in [9.17, 15) is 9.59 Å². The van der Waals surface area contributed by atoms with E-state index in [0.717, 1.165) is 6.08 Å². The van der Waals surface area contributed by atoms with Gasteiger partial charge in [0.1, 0.15) is 11.6 Å². The third-order valence-corrected chi connectivity index (χ3v) is 5.39. The van der Waals surface area contributed by atoms with Crippen molar-refractivity contribution in [3.05, 3.63) is 90.1 Å². The van der Waals surface area contributed by atoms with Crippen LogP contribution < -0.4 is 20.9 Å². The lowest BCUT2D eigenvalue weighted by Crippen LogP contribution is -2.20. The zero-order chi connectivity index (χ0) is 26.4. The predicted octanol–water partition coefficient (Wildman–Crippen LogP) is 4.59. The molecular weight excluding hydrogens is 499 g/mol. The minimum Gasteiger partial charge on any atom is -0.354 e. The molecule has 4 rings (SSSR count). The average Bonchev–Trinajstić information content (AvgIpc) is 3.22. The van der Waals surface area contributed by atoms with Crippen molar-refractivity contribution in [1.29, 1.82) is 0 Å². The minimum absolute atomic E-state index is 0.0740. The first-order valence-corrected chi connectivity index (χ1v) is 11.3. The Kier molecular flexibility index (Phi) is 7.74. The standard InChI is InChI=1S/C25H22ClFN8O2/c1-3-22(37)30-17-9-10-19(27)21(11-17)35(18-7-5-4-6-8-18)24-16(12-28-15-36)13-29-25(32-24)31-20-14-34(2)33-23(20)26/h3-11,13-15H,1,12H2,2H3,(H,28,36)(H,30,37)(H,29,31,32). The number of amides is 2. The monoisotopic (exact) mass is 520 g/mol. The summed E-state index contributed by atoms with van der Waals surface area (Å²) in [5, 5.41) is 12.6. The van der Waals surface area contributed by atoms with Crippen LogP contribution >= 0.6 is 11.6 Å². The second-order valence-corrected chi connectivity index (χ2v) is 8.06. The van der Waals surface area contributed by atoms with Crippen molar-refractivity contribution >= 4 is 58.4 Å². The Morgan fingerprint density at radius 3 is 2.70 bits per heavy atom. The highest BCUT2D eigenvalue weighted by atomic mass is 35.5. The smallest absolute Gasteiger partial charge is 0.247 e. The number of anilines is 6. The maximum Gasteiger partial charge on any atom is 0.247 e. The molecule has 2 heterocycles. The highest BCUT2D eigenvalue weighted by molar-refractivity contribution is 6.32. The first-order valence-electron chi connectivity index (χ1n) is 11.0. The molecule has 0 bridgehead atoms. The Morgan fingerprint density at radius 1 is 1.24 bits per heavy atom. The van der Waals surface area contributed by atoms with Gasteiger partial charge in [0.05, 0.1) is 11.4 Å². The van der Waals surface area contributed by atoms with Crippen LogP contribution in [0.25, 0.3) is 0 Å². The number of hydrogen-bond donors (Lipinski definition) is 3. The summed E-state index contributed by atoms with van der Waals surface area (Å²) in [5.41, 5.74) is 2.00. The summed E-state index contributed by atoms with van der Waals surface area (Å²) < 4.78 is 16.9. The van der Waals surface area contributed by atoms with Crippen molar-refractivity contribution < 1.29 is 14.0 Å². The molecule has 2 aromatic carbocycles. The normalized spacial score (nSPS) is 10.5. The Labute approximate surface area is 216 Å². The van der Waals surface area contributed by atoms with Gasteiger partial charge >= 0.3 is 0 Å². The Bertz CT molecular complexity index is 1440. The van der Waals surface area contributed by atoms with Gasteiger partial charge in [-0.15, -0.1) is 0 Å². The molecule has 37 heavy (non-hydrogen) atoms. The molecule has 0 spiro atoms. The molecule has 10 nitrogen and oxygen atoms in total. The molecule has 0 aliphatic carbocycles. The zero-order valence-electron chi connectivity index (χ0n) is 19.7. The van der Waals surface area contributed by atoms with Gasteiger partial charge in [-0.1, -0.05) is 36.4 Å². The molecule has 188 valence electrons. The summed E-state index contributed by atoms with van der Waals surface area (Å²) in [7, 11) is 1.72. The van der Waals surface area contributed by atoms with Crippen LogP contribution in [0.4, 0.5) is 38.9 Å². The maximum absolute atomic E-state index is 15.4. The molecular formula is C25H22ClFN8O2. The fourth-order valence-corrected chi connectivity index (χ4v) is 3.72. The van der Waals surface area contributed by atoms with Crippen molar-refractivity contribution in [2.75, 3.05) is 15.5 Å². The van der Waals surface area contributed by atoms with Crippen molar-refractivity contribution in [2.24, 2.45) is 7.05 Å². The molecule has 0 fully saturated rings. The molecule has 0 atom stereocenters. The molecule has 12 heteroatoms. The summed E-state index contributed by atoms with van der Waals surface area (Å²) in [6.45, 7) is 3.52. The van der Waals surface area contributed by atoms with Crippen molar-refractivity contribution in [1.82, 2.24) is 25.1 Å². The fourth-order valence-electron chi connectivity index (χ4n) is 3.50. The maximum atomic E-state index is 15.4. The Balaban J connectivity index is 1.88. The quantitative estimate of drug-likeness (QED) is 0.207. The van der Waals surface area contributed by atoms with E-state index in [1.807, 2.05) is 6.07 Å². The summed E-state index contributed by atoms with van der Waals surface area (Å²) in [6, 6.07) is 13.1. The molecule has 0 unspecified atom stereocenters. The molecule has 0 saturated carbocycles. The lowest BCUT2D eigenvalue weighted by molar-refractivity contribution is -0.112. The van der Waals surface area contributed by atoms with Gasteiger partial charge in [-0.3, -0.25) is 19.2 Å². The molecule has 0 aliphatic rings. The van der Waals surface area contributed by atoms with Crippen LogP contribution in [0.15, 0.2) is 73.6 Å². The van der Waals surface area contributed by atoms with Crippen LogP contribution in [-0.4, -0.2) is 32.1 Å². The SMILES string of the molecule is C=CC(=O)Nc1ccc(F)c(N(c2ccccc2)c2nc(Nc3cn(C)nc3Cl)ncc2CNC=O)c1. The average molecular weight is 521 g/mol. The van der Waals surface area contributed by atoms with Gasteiger partial charge in [-0.25, -0.2) is 9.37 Å². The first-order chi connectivity index (χ1) is 17.9. The van der Waals surface area contributed by atoms with Crippen molar-refractivity contribution in [3.63, 3.8) is 0 Å². The summed E-state index contributed by atoms with van der Waals surface area (Å²) >= 11 is 6.18. The zero-order valence-corrected chi connectivity index (χ0v) is 20.4. The number of aryl methyl sites for hydroxylation is 1. The highest BCUT2D eigenvalue weighted by Gasteiger charge is 2.23. The molecule has 2 aromatic heterocycles. The fraction of sp³-hybridized carbons (Fsp3) is 0.0800. The van der Waals surface area contributed by atoms with E-state index in [2.05, 4.69) is 37.6 Å². The number of benzene rings is 2. The van der Waals surface area contributed by atoms with Crippen LogP contribution in [0, 0.1) is 5.82 Å². The van der Waals surface area contributed by atoms with Crippen LogP contribution in [0.2, 0.25) is 5.15 Å². The Hall–Kier alpha value is -4.77. The number of halogens is 2. The summed E-state index contributed by atoms with van der Waals surface area (Å²) in [5.74, 6) is -0.568. The van der Waals surface area contributed by atoms with Crippen LogP contribution in [0.5, 0.6) is 0 Å². The largest absolute Gasteiger partial charge is 0.354 e. The van der Waals surface area contributed by atoms with Gasteiger partial charge in [0.25, 0.3) is 0 Å². The number of nitrogens with zero attached hydrogens (tertiary/aromatic N) is 5. The lowest BCUT2D eigenvalue weighted by atomic mass is 10.1. The molecule has 0 radical (unpaired) electrons. The molecule has 0 saturated heterocycles. The van der Waals surface area contributed by atoms with E-state index in [-0.39, 0.29) is 29.2 Å². The number of aromatic nitrogens is 4. The second-order valence-electron chi connectivity index (χ2n) is 7.70. The molecule has 2 amide bonds. The molecule has 0 aliphatic heterocycles. The topological polar surface area (TPSA) is 117 Å². The number of para-hydroxylation sites is 1. The van der Waals surface area contributed by atoms with Crippen LogP contribution in [0.3, 0.4) is 0 Å². The number of carbonyl (C=O) groups excluding carboxylic acids is 2. The molecule has 3 N–H and O–H groups in total. The first kappa shape index (κ1) is 25.3. The third-order valence-electron chi connectivity index (χ3n) is 5.11. The van der Waals surface area contributed by atoms with Gasteiger partial charge in [0, 0.05) is 42.9 Å². The van der Waals surface area contributed by atoms with Crippen LogP contribution in [0.1, 0.15) is 5.56 Å². The van der Waals surface area contributed by atoms with E-state index in [0.29, 0.717) is 29.0 Å². The Morgan fingerprint density at radius 2 is 2.03 bits per heavy atom. The van der Waals surface area contributed by atoms with Gasteiger partial charge in [-0.2, -0.15) is 10.1 Å². The van der Waals surface area contributed by atoms with Crippen molar-refractivity contribution in [3.8, 4) is 0 Å². The summed E-state index contributed by atoms with van der Waals surface area (Å²) in [6.07, 6.45) is 4.84. The van der Waals surface area contributed by atoms with Gasteiger partial charge in [0.2, 0.25) is 18.3 Å². The number of nitrogens with one attached hydrogen (secondary N) is 3. The number of hydrogen-bond acceptors (Lipinski definition) is 7.